The van der Waals surface area contributed by atoms with Gasteiger partial charge in [0.2, 0.25) is 5.91 Å². The maximum absolute atomic E-state index is 12.4. The van der Waals surface area contributed by atoms with E-state index in [0.717, 1.165) is 12.1 Å². The van der Waals surface area contributed by atoms with Gasteiger partial charge in [-0.1, -0.05) is 0 Å². The maximum atomic E-state index is 12.4. The van der Waals surface area contributed by atoms with E-state index in [9.17, 15) is 9.59 Å². The summed E-state index contributed by atoms with van der Waals surface area (Å²) in [5, 5.41) is 2.82. The molecule has 2 heterocycles. The second kappa shape index (κ2) is 7.31. The number of nitrogens with zero attached hydrogens (tertiary/aromatic N) is 2. The molecule has 0 saturated carbocycles. The van der Waals surface area contributed by atoms with E-state index < -0.39 is 0 Å². The van der Waals surface area contributed by atoms with Crippen LogP contribution in [0, 0.1) is 0 Å². The Balaban J connectivity index is 1.81. The average Bonchev–Trinajstić information content (AvgIpc) is 3.07. The number of pyridine rings is 1. The molecule has 2 amide bonds. The summed E-state index contributed by atoms with van der Waals surface area (Å²) in [5.74, 6) is 0.371. The van der Waals surface area contributed by atoms with Gasteiger partial charge in [-0.3, -0.25) is 14.6 Å². The van der Waals surface area contributed by atoms with Crippen LogP contribution in [0.1, 0.15) is 28.9 Å². The van der Waals surface area contributed by atoms with Gasteiger partial charge in [-0.05, 0) is 30.7 Å². The molecular weight excluding hydrogens is 320 g/mol. The predicted octanol–water partition coefficient (Wildman–Crippen LogP) is 1.93. The van der Waals surface area contributed by atoms with Crippen LogP contribution in [-0.4, -0.2) is 30.5 Å². The summed E-state index contributed by atoms with van der Waals surface area (Å²) in [5.41, 5.74) is 7.99. The fourth-order valence-electron chi connectivity index (χ4n) is 2.82. The average molecular weight is 340 g/mol. The van der Waals surface area contributed by atoms with Crippen LogP contribution in [0.2, 0.25) is 0 Å². The molecule has 1 aliphatic heterocycles. The molecule has 7 nitrogen and oxygen atoms in total. The SMILES string of the molecule is COc1cc(NC(=O)c2ccnc(CN)c2)ccc1N1CCCC1=O. The summed E-state index contributed by atoms with van der Waals surface area (Å²) in [7, 11) is 1.54. The monoisotopic (exact) mass is 340 g/mol. The Morgan fingerprint density at radius 3 is 2.88 bits per heavy atom. The molecule has 0 unspecified atom stereocenters. The summed E-state index contributed by atoms with van der Waals surface area (Å²) in [6, 6.07) is 8.54. The highest BCUT2D eigenvalue weighted by Crippen LogP contribution is 2.33. The first-order chi connectivity index (χ1) is 12.1. The maximum Gasteiger partial charge on any atom is 0.255 e. The topological polar surface area (TPSA) is 97.5 Å². The zero-order valence-electron chi connectivity index (χ0n) is 14.0. The fourth-order valence-corrected chi connectivity index (χ4v) is 2.82. The minimum absolute atomic E-state index is 0.0844. The number of carbonyl (C=O) groups is 2. The van der Waals surface area contributed by atoms with E-state index in [2.05, 4.69) is 10.3 Å². The number of hydrogen-bond donors (Lipinski definition) is 2. The van der Waals surface area contributed by atoms with Gasteiger partial charge in [0, 0.05) is 43.0 Å². The number of aromatic nitrogens is 1. The van der Waals surface area contributed by atoms with E-state index >= 15 is 0 Å². The molecule has 3 N–H and O–H groups in total. The summed E-state index contributed by atoms with van der Waals surface area (Å²) < 4.78 is 5.40. The first kappa shape index (κ1) is 16.9. The van der Waals surface area contributed by atoms with E-state index in [-0.39, 0.29) is 18.4 Å². The lowest BCUT2D eigenvalue weighted by Crippen LogP contribution is -2.24. The molecule has 1 aromatic carbocycles. The van der Waals surface area contributed by atoms with Crippen molar-refractivity contribution in [1.29, 1.82) is 0 Å². The highest BCUT2D eigenvalue weighted by molar-refractivity contribution is 6.05. The van der Waals surface area contributed by atoms with Gasteiger partial charge in [-0.15, -0.1) is 0 Å². The molecule has 3 rings (SSSR count). The van der Waals surface area contributed by atoms with E-state index in [4.69, 9.17) is 10.5 Å². The minimum Gasteiger partial charge on any atom is -0.494 e. The Kier molecular flexibility index (Phi) is 4.95. The van der Waals surface area contributed by atoms with Gasteiger partial charge in [0.25, 0.3) is 5.91 Å². The van der Waals surface area contributed by atoms with Crippen LogP contribution in [0.25, 0.3) is 0 Å². The van der Waals surface area contributed by atoms with Crippen LogP contribution >= 0.6 is 0 Å². The van der Waals surface area contributed by atoms with Gasteiger partial charge in [0.15, 0.2) is 0 Å². The number of nitrogens with two attached hydrogens (primary N) is 1. The number of anilines is 2. The van der Waals surface area contributed by atoms with Crippen molar-refractivity contribution in [1.82, 2.24) is 4.98 Å². The number of nitrogens with one attached hydrogen (secondary N) is 1. The predicted molar refractivity (Wildman–Crippen MR) is 94.7 cm³/mol. The van der Waals surface area contributed by atoms with Crippen molar-refractivity contribution in [3.8, 4) is 5.75 Å². The van der Waals surface area contributed by atoms with Crippen molar-refractivity contribution in [3.05, 3.63) is 47.8 Å². The van der Waals surface area contributed by atoms with Crippen molar-refractivity contribution in [2.75, 3.05) is 23.9 Å². The van der Waals surface area contributed by atoms with Crippen LogP contribution < -0.4 is 20.7 Å². The van der Waals surface area contributed by atoms with Crippen molar-refractivity contribution >= 4 is 23.2 Å². The second-order valence-electron chi connectivity index (χ2n) is 5.73. The molecule has 1 saturated heterocycles. The van der Waals surface area contributed by atoms with Crippen molar-refractivity contribution in [2.24, 2.45) is 5.73 Å². The Morgan fingerprint density at radius 1 is 1.36 bits per heavy atom. The van der Waals surface area contributed by atoms with Gasteiger partial charge < -0.3 is 20.7 Å². The first-order valence-corrected chi connectivity index (χ1v) is 8.07. The molecule has 2 aromatic rings. The fraction of sp³-hybridized carbons (Fsp3) is 0.278. The summed E-state index contributed by atoms with van der Waals surface area (Å²) in [4.78, 5) is 30.1. The standard InChI is InChI=1S/C18H20N4O3/c1-25-16-10-13(4-5-15(16)22-8-2-3-17(22)23)21-18(24)12-6-7-20-14(9-12)11-19/h4-7,9-10H,2-3,8,11,19H2,1H3,(H,21,24). The third-order valence-electron chi connectivity index (χ3n) is 4.09. The molecule has 7 heteroatoms. The molecule has 0 atom stereocenters. The Morgan fingerprint density at radius 2 is 2.20 bits per heavy atom. The molecule has 1 fully saturated rings. The number of methoxy groups -OCH3 is 1. The molecule has 0 spiro atoms. The summed E-state index contributed by atoms with van der Waals surface area (Å²) in [6.45, 7) is 0.952. The number of hydrogen-bond acceptors (Lipinski definition) is 5. The van der Waals surface area contributed by atoms with Gasteiger partial charge in [-0.25, -0.2) is 0 Å². The zero-order valence-corrected chi connectivity index (χ0v) is 14.0. The molecule has 1 aliphatic rings. The van der Waals surface area contributed by atoms with Gasteiger partial charge in [0.05, 0.1) is 18.5 Å². The van der Waals surface area contributed by atoms with Crippen LogP contribution in [0.3, 0.4) is 0 Å². The molecule has 25 heavy (non-hydrogen) atoms. The van der Waals surface area contributed by atoms with E-state index in [1.54, 1.807) is 48.5 Å². The molecule has 0 bridgehead atoms. The first-order valence-electron chi connectivity index (χ1n) is 8.07. The lowest BCUT2D eigenvalue weighted by molar-refractivity contribution is -0.117. The van der Waals surface area contributed by atoms with Gasteiger partial charge >= 0.3 is 0 Å². The van der Waals surface area contributed by atoms with Crippen LogP contribution in [0.5, 0.6) is 5.75 Å². The highest BCUT2D eigenvalue weighted by atomic mass is 16.5. The van der Waals surface area contributed by atoms with E-state index in [1.807, 2.05) is 0 Å². The summed E-state index contributed by atoms with van der Waals surface area (Å²) in [6.07, 6.45) is 2.94. The van der Waals surface area contributed by atoms with E-state index in [0.29, 0.717) is 35.7 Å². The highest BCUT2D eigenvalue weighted by Gasteiger charge is 2.24. The largest absolute Gasteiger partial charge is 0.494 e. The lowest BCUT2D eigenvalue weighted by atomic mass is 10.2. The third-order valence-corrected chi connectivity index (χ3v) is 4.09. The second-order valence-corrected chi connectivity index (χ2v) is 5.73. The van der Waals surface area contributed by atoms with Crippen LogP contribution in [-0.2, 0) is 11.3 Å². The number of amides is 2. The smallest absolute Gasteiger partial charge is 0.255 e. The number of ether oxygens (including phenoxy) is 1. The normalized spacial score (nSPS) is 13.8. The Hall–Kier alpha value is -2.93. The Labute approximate surface area is 145 Å². The van der Waals surface area contributed by atoms with Crippen molar-refractivity contribution in [3.63, 3.8) is 0 Å². The number of carbonyl (C=O) groups excluding carboxylic acids is 2. The van der Waals surface area contributed by atoms with Crippen molar-refractivity contribution in [2.45, 2.75) is 19.4 Å². The number of rotatable bonds is 5. The quantitative estimate of drug-likeness (QED) is 0.867. The minimum atomic E-state index is -0.260. The van der Waals surface area contributed by atoms with Crippen molar-refractivity contribution < 1.29 is 14.3 Å². The molecule has 1 aromatic heterocycles. The van der Waals surface area contributed by atoms with Gasteiger partial charge in [0.1, 0.15) is 5.75 Å². The van der Waals surface area contributed by atoms with E-state index in [1.165, 1.54) is 0 Å². The van der Waals surface area contributed by atoms with Gasteiger partial charge in [-0.2, -0.15) is 0 Å². The molecule has 0 radical (unpaired) electrons. The Bertz CT molecular complexity index is 807. The zero-order chi connectivity index (χ0) is 17.8. The van der Waals surface area contributed by atoms with Crippen LogP contribution in [0.4, 0.5) is 11.4 Å². The lowest BCUT2D eigenvalue weighted by Gasteiger charge is -2.19. The van der Waals surface area contributed by atoms with Crippen LogP contribution in [0.15, 0.2) is 36.5 Å². The third kappa shape index (κ3) is 3.61. The summed E-state index contributed by atoms with van der Waals surface area (Å²) >= 11 is 0. The molecule has 0 aliphatic carbocycles. The molecule has 130 valence electrons. The number of benzene rings is 1. The molecular formula is C18H20N4O3.